The van der Waals surface area contributed by atoms with E-state index < -0.39 is 0 Å². The van der Waals surface area contributed by atoms with Crippen LogP contribution in [0.3, 0.4) is 0 Å². The molecule has 1 aliphatic heterocycles. The lowest BCUT2D eigenvalue weighted by Crippen LogP contribution is -2.60. The van der Waals surface area contributed by atoms with Crippen LogP contribution in [0.5, 0.6) is 0 Å². The Morgan fingerprint density at radius 1 is 1.19 bits per heavy atom. The van der Waals surface area contributed by atoms with Gasteiger partial charge in [0.25, 0.3) is 0 Å². The first kappa shape index (κ1) is 13.9. The highest BCUT2D eigenvalue weighted by atomic mass is 15.3. The largest absolute Gasteiger partial charge is 0.315 e. The highest BCUT2D eigenvalue weighted by molar-refractivity contribution is 4.91. The van der Waals surface area contributed by atoms with Crippen LogP contribution in [-0.4, -0.2) is 62.7 Å². The van der Waals surface area contributed by atoms with Gasteiger partial charge in [-0.25, -0.2) is 0 Å². The average Bonchev–Trinajstić information content (AvgIpc) is 2.29. The van der Waals surface area contributed by atoms with Gasteiger partial charge >= 0.3 is 0 Å². The normalized spacial score (nSPS) is 26.2. The summed E-state index contributed by atoms with van der Waals surface area (Å²) in [7, 11) is 6.62. The number of rotatable bonds is 5. The molecule has 0 saturated carbocycles. The van der Waals surface area contributed by atoms with Crippen molar-refractivity contribution in [3.8, 4) is 0 Å². The molecule has 1 aliphatic rings. The third kappa shape index (κ3) is 3.19. The molecule has 96 valence electrons. The topological polar surface area (TPSA) is 18.5 Å². The standard InChI is InChI=1S/C13H29N3/c1-6-11(7-2)13(14-3)12-10-15(4)8-9-16(12)5/h11-14H,6-10H2,1-5H3. The fraction of sp³-hybridized carbons (Fsp3) is 1.00. The van der Waals surface area contributed by atoms with E-state index in [0.29, 0.717) is 12.1 Å². The van der Waals surface area contributed by atoms with Crippen LogP contribution in [0.25, 0.3) is 0 Å². The molecule has 0 bridgehead atoms. The van der Waals surface area contributed by atoms with Crippen molar-refractivity contribution in [2.75, 3.05) is 40.8 Å². The van der Waals surface area contributed by atoms with Crippen LogP contribution in [0.15, 0.2) is 0 Å². The number of nitrogens with one attached hydrogen (secondary N) is 1. The number of piperazine rings is 1. The Labute approximate surface area is 101 Å². The summed E-state index contributed by atoms with van der Waals surface area (Å²) < 4.78 is 0. The Hall–Kier alpha value is -0.120. The van der Waals surface area contributed by atoms with Crippen molar-refractivity contribution in [3.63, 3.8) is 0 Å². The zero-order valence-electron chi connectivity index (χ0n) is 11.7. The highest BCUT2D eigenvalue weighted by Crippen LogP contribution is 2.21. The zero-order valence-corrected chi connectivity index (χ0v) is 11.7. The van der Waals surface area contributed by atoms with Gasteiger partial charge in [0, 0.05) is 31.7 Å². The van der Waals surface area contributed by atoms with Crippen molar-refractivity contribution in [2.24, 2.45) is 5.92 Å². The summed E-state index contributed by atoms with van der Waals surface area (Å²) in [5.74, 6) is 0.795. The Balaban J connectivity index is 2.68. The summed E-state index contributed by atoms with van der Waals surface area (Å²) in [4.78, 5) is 4.98. The van der Waals surface area contributed by atoms with Gasteiger partial charge in [-0.15, -0.1) is 0 Å². The molecule has 3 nitrogen and oxygen atoms in total. The van der Waals surface area contributed by atoms with Gasteiger partial charge in [0.1, 0.15) is 0 Å². The molecule has 1 heterocycles. The van der Waals surface area contributed by atoms with E-state index >= 15 is 0 Å². The molecule has 0 aromatic rings. The van der Waals surface area contributed by atoms with E-state index in [1.54, 1.807) is 0 Å². The summed E-state index contributed by atoms with van der Waals surface area (Å²) >= 11 is 0. The predicted molar refractivity (Wildman–Crippen MR) is 70.8 cm³/mol. The van der Waals surface area contributed by atoms with Crippen LogP contribution >= 0.6 is 0 Å². The lowest BCUT2D eigenvalue weighted by molar-refractivity contribution is 0.0705. The summed E-state index contributed by atoms with van der Waals surface area (Å²) in [5, 5.41) is 3.56. The number of nitrogens with zero attached hydrogens (tertiary/aromatic N) is 2. The molecule has 0 amide bonds. The van der Waals surface area contributed by atoms with Crippen LogP contribution < -0.4 is 5.32 Å². The molecular weight excluding hydrogens is 198 g/mol. The molecular formula is C13H29N3. The summed E-state index contributed by atoms with van der Waals surface area (Å²) in [6, 6.07) is 1.29. The molecule has 0 aliphatic carbocycles. The van der Waals surface area contributed by atoms with Crippen molar-refractivity contribution < 1.29 is 0 Å². The minimum atomic E-state index is 0.628. The zero-order chi connectivity index (χ0) is 12.1. The average molecular weight is 227 g/mol. The molecule has 3 heteroatoms. The maximum Gasteiger partial charge on any atom is 0.0376 e. The van der Waals surface area contributed by atoms with Gasteiger partial charge in [0.2, 0.25) is 0 Å². The van der Waals surface area contributed by atoms with E-state index in [1.807, 2.05) is 0 Å². The molecule has 0 aromatic carbocycles. The first-order valence-corrected chi connectivity index (χ1v) is 6.70. The van der Waals surface area contributed by atoms with E-state index in [1.165, 1.54) is 32.5 Å². The minimum Gasteiger partial charge on any atom is -0.315 e. The maximum atomic E-state index is 3.56. The van der Waals surface area contributed by atoms with Gasteiger partial charge in [-0.1, -0.05) is 26.7 Å². The van der Waals surface area contributed by atoms with E-state index in [4.69, 9.17) is 0 Å². The van der Waals surface area contributed by atoms with Crippen LogP contribution in [0, 0.1) is 5.92 Å². The quantitative estimate of drug-likeness (QED) is 0.763. The maximum absolute atomic E-state index is 3.56. The Kier molecular flexibility index (Phi) is 5.73. The fourth-order valence-electron chi connectivity index (χ4n) is 2.97. The summed E-state index contributed by atoms with van der Waals surface area (Å²) in [5.41, 5.74) is 0. The number of hydrogen-bond acceptors (Lipinski definition) is 3. The first-order valence-electron chi connectivity index (χ1n) is 6.70. The molecule has 1 rings (SSSR count). The molecule has 1 fully saturated rings. The second kappa shape index (κ2) is 6.58. The third-order valence-electron chi connectivity index (χ3n) is 4.20. The van der Waals surface area contributed by atoms with Gasteiger partial charge in [0.15, 0.2) is 0 Å². The molecule has 1 saturated heterocycles. The van der Waals surface area contributed by atoms with Crippen molar-refractivity contribution >= 4 is 0 Å². The summed E-state index contributed by atoms with van der Waals surface area (Å²) in [6.45, 7) is 8.21. The van der Waals surface area contributed by atoms with Crippen LogP contribution in [0.1, 0.15) is 26.7 Å². The fourth-order valence-corrected chi connectivity index (χ4v) is 2.97. The second-order valence-electron chi connectivity index (χ2n) is 5.20. The van der Waals surface area contributed by atoms with Crippen molar-refractivity contribution in [1.82, 2.24) is 15.1 Å². The molecule has 2 atom stereocenters. The van der Waals surface area contributed by atoms with Gasteiger partial charge in [0.05, 0.1) is 0 Å². The van der Waals surface area contributed by atoms with Gasteiger partial charge < -0.3 is 10.2 Å². The number of likely N-dealkylation sites (N-methyl/N-ethyl adjacent to an activating group) is 3. The van der Waals surface area contributed by atoms with E-state index in [9.17, 15) is 0 Å². The van der Waals surface area contributed by atoms with Gasteiger partial charge in [-0.2, -0.15) is 0 Å². The summed E-state index contributed by atoms with van der Waals surface area (Å²) in [6.07, 6.45) is 2.55. The van der Waals surface area contributed by atoms with Crippen LogP contribution in [-0.2, 0) is 0 Å². The smallest absolute Gasteiger partial charge is 0.0376 e. The molecule has 1 N–H and O–H groups in total. The molecule has 0 aromatic heterocycles. The van der Waals surface area contributed by atoms with Crippen LogP contribution in [0.2, 0.25) is 0 Å². The number of hydrogen-bond donors (Lipinski definition) is 1. The Morgan fingerprint density at radius 3 is 2.31 bits per heavy atom. The molecule has 2 unspecified atom stereocenters. The van der Waals surface area contributed by atoms with Crippen molar-refractivity contribution in [2.45, 2.75) is 38.8 Å². The lowest BCUT2D eigenvalue weighted by Gasteiger charge is -2.44. The van der Waals surface area contributed by atoms with Crippen molar-refractivity contribution in [3.05, 3.63) is 0 Å². The highest BCUT2D eigenvalue weighted by Gasteiger charge is 2.32. The van der Waals surface area contributed by atoms with Crippen LogP contribution in [0.4, 0.5) is 0 Å². The lowest BCUT2D eigenvalue weighted by atomic mass is 9.87. The third-order valence-corrected chi connectivity index (χ3v) is 4.20. The predicted octanol–water partition coefficient (Wildman–Crippen LogP) is 1.26. The molecule has 16 heavy (non-hydrogen) atoms. The van der Waals surface area contributed by atoms with Gasteiger partial charge in [-0.05, 0) is 27.1 Å². The minimum absolute atomic E-state index is 0.628. The van der Waals surface area contributed by atoms with Gasteiger partial charge in [-0.3, -0.25) is 4.90 Å². The second-order valence-corrected chi connectivity index (χ2v) is 5.20. The Morgan fingerprint density at radius 2 is 1.81 bits per heavy atom. The SMILES string of the molecule is CCC(CC)C(NC)C1CN(C)CCN1C. The molecule has 0 spiro atoms. The van der Waals surface area contributed by atoms with E-state index in [2.05, 4.69) is 50.1 Å². The first-order chi connectivity index (χ1) is 7.63. The molecule has 0 radical (unpaired) electrons. The van der Waals surface area contributed by atoms with Crippen molar-refractivity contribution in [1.29, 1.82) is 0 Å². The Bertz CT molecular complexity index is 192. The monoisotopic (exact) mass is 227 g/mol. The van der Waals surface area contributed by atoms with E-state index in [0.717, 1.165) is 5.92 Å². The van der Waals surface area contributed by atoms with E-state index in [-0.39, 0.29) is 0 Å².